The molecule has 1 rings (SSSR count). The first-order valence-corrected chi connectivity index (χ1v) is 4.99. The summed E-state index contributed by atoms with van der Waals surface area (Å²) >= 11 is 0. The van der Waals surface area contributed by atoms with E-state index in [1.807, 2.05) is 6.92 Å². The van der Waals surface area contributed by atoms with Crippen LogP contribution in [0.1, 0.15) is 6.92 Å². The lowest BCUT2D eigenvalue weighted by molar-refractivity contribution is -0.122. The van der Waals surface area contributed by atoms with Crippen LogP contribution in [0.15, 0.2) is 24.3 Å². The molecule has 0 aliphatic carbocycles. The SMILES string of the molecule is CCNC(=O)COc1ccc(B(O)O)cc1. The molecule has 0 atom stereocenters. The summed E-state index contributed by atoms with van der Waals surface area (Å²) in [6.07, 6.45) is 0. The van der Waals surface area contributed by atoms with Crippen LogP contribution in [0.2, 0.25) is 0 Å². The lowest BCUT2D eigenvalue weighted by Crippen LogP contribution is -2.30. The maximum atomic E-state index is 11.1. The average Bonchev–Trinajstić information content (AvgIpc) is 2.27. The van der Waals surface area contributed by atoms with Crippen LogP contribution in [0.4, 0.5) is 0 Å². The second-order valence-electron chi connectivity index (χ2n) is 3.18. The lowest BCUT2D eigenvalue weighted by atomic mass is 9.80. The molecule has 5 nitrogen and oxygen atoms in total. The molecule has 0 fully saturated rings. The number of carbonyl (C=O) groups is 1. The van der Waals surface area contributed by atoms with Crippen LogP contribution >= 0.6 is 0 Å². The smallest absolute Gasteiger partial charge is 0.484 e. The average molecular weight is 223 g/mol. The number of hydrogen-bond acceptors (Lipinski definition) is 4. The highest BCUT2D eigenvalue weighted by Crippen LogP contribution is 2.07. The Kier molecular flexibility index (Phi) is 4.82. The van der Waals surface area contributed by atoms with Crippen LogP contribution in [-0.2, 0) is 4.79 Å². The van der Waals surface area contributed by atoms with Gasteiger partial charge in [0.05, 0.1) is 0 Å². The van der Waals surface area contributed by atoms with Crippen LogP contribution in [0.3, 0.4) is 0 Å². The summed E-state index contributed by atoms with van der Waals surface area (Å²) in [5, 5.41) is 20.3. The Morgan fingerprint density at radius 3 is 2.50 bits per heavy atom. The van der Waals surface area contributed by atoms with E-state index < -0.39 is 7.12 Å². The Morgan fingerprint density at radius 2 is 2.00 bits per heavy atom. The Balaban J connectivity index is 2.46. The number of likely N-dealkylation sites (N-methyl/N-ethyl adjacent to an activating group) is 1. The van der Waals surface area contributed by atoms with Gasteiger partial charge in [-0.1, -0.05) is 12.1 Å². The zero-order valence-corrected chi connectivity index (χ0v) is 9.01. The summed E-state index contributed by atoms with van der Waals surface area (Å²) in [5.41, 5.74) is 0.380. The number of rotatable bonds is 5. The van der Waals surface area contributed by atoms with E-state index in [4.69, 9.17) is 14.8 Å². The first-order chi connectivity index (χ1) is 7.63. The second-order valence-corrected chi connectivity index (χ2v) is 3.18. The fourth-order valence-electron chi connectivity index (χ4n) is 1.13. The van der Waals surface area contributed by atoms with Crippen LogP contribution in [0.25, 0.3) is 0 Å². The van der Waals surface area contributed by atoms with E-state index >= 15 is 0 Å². The summed E-state index contributed by atoms with van der Waals surface area (Å²) in [6, 6.07) is 6.21. The molecule has 0 heterocycles. The van der Waals surface area contributed by atoms with Gasteiger partial charge in [-0.15, -0.1) is 0 Å². The standard InChI is InChI=1S/C10H14BNO4/c1-2-12-10(13)7-16-9-5-3-8(4-6-9)11(14)15/h3-6,14-15H,2,7H2,1H3,(H,12,13). The van der Waals surface area contributed by atoms with Crippen molar-refractivity contribution in [3.63, 3.8) is 0 Å². The Hall–Kier alpha value is -1.53. The molecule has 3 N–H and O–H groups in total. The highest BCUT2D eigenvalue weighted by Gasteiger charge is 2.10. The first-order valence-electron chi connectivity index (χ1n) is 4.99. The highest BCUT2D eigenvalue weighted by molar-refractivity contribution is 6.58. The molecule has 0 bridgehead atoms. The van der Waals surface area contributed by atoms with Gasteiger partial charge in [-0.05, 0) is 24.5 Å². The van der Waals surface area contributed by atoms with Crippen LogP contribution in [0, 0.1) is 0 Å². The molecule has 1 aromatic rings. The largest absolute Gasteiger partial charge is 0.488 e. The number of amides is 1. The zero-order valence-electron chi connectivity index (χ0n) is 9.01. The van der Waals surface area contributed by atoms with Crippen molar-refractivity contribution in [1.82, 2.24) is 5.32 Å². The van der Waals surface area contributed by atoms with Crippen molar-refractivity contribution in [2.45, 2.75) is 6.92 Å². The lowest BCUT2D eigenvalue weighted by Gasteiger charge is -2.06. The van der Waals surface area contributed by atoms with Crippen LogP contribution < -0.4 is 15.5 Å². The Morgan fingerprint density at radius 1 is 1.38 bits per heavy atom. The molecule has 86 valence electrons. The maximum Gasteiger partial charge on any atom is 0.488 e. The van der Waals surface area contributed by atoms with Crippen LogP contribution in [-0.4, -0.2) is 36.2 Å². The fourth-order valence-corrected chi connectivity index (χ4v) is 1.13. The number of carbonyl (C=O) groups excluding carboxylic acids is 1. The van der Waals surface area contributed by atoms with Crippen molar-refractivity contribution >= 4 is 18.5 Å². The van der Waals surface area contributed by atoms with Gasteiger partial charge in [-0.25, -0.2) is 0 Å². The van der Waals surface area contributed by atoms with Gasteiger partial charge in [-0.2, -0.15) is 0 Å². The molecule has 0 aromatic heterocycles. The molecular formula is C10H14BNO4. The van der Waals surface area contributed by atoms with E-state index in [1.165, 1.54) is 12.1 Å². The predicted molar refractivity (Wildman–Crippen MR) is 60.4 cm³/mol. The second kappa shape index (κ2) is 6.14. The molecule has 0 spiro atoms. The number of benzene rings is 1. The van der Waals surface area contributed by atoms with E-state index in [0.29, 0.717) is 17.8 Å². The third kappa shape index (κ3) is 3.92. The van der Waals surface area contributed by atoms with Crippen molar-refractivity contribution in [3.8, 4) is 5.75 Å². The maximum absolute atomic E-state index is 11.1. The van der Waals surface area contributed by atoms with Gasteiger partial charge in [0.1, 0.15) is 5.75 Å². The van der Waals surface area contributed by atoms with Crippen molar-refractivity contribution < 1.29 is 19.6 Å². The monoisotopic (exact) mass is 223 g/mol. The number of hydrogen-bond donors (Lipinski definition) is 3. The summed E-state index contributed by atoms with van der Waals surface area (Å²) in [6.45, 7) is 2.35. The molecule has 6 heteroatoms. The summed E-state index contributed by atoms with van der Waals surface area (Å²) in [4.78, 5) is 11.1. The molecule has 0 aliphatic rings. The number of ether oxygens (including phenoxy) is 1. The minimum absolute atomic E-state index is 0.0468. The highest BCUT2D eigenvalue weighted by atomic mass is 16.5. The van der Waals surface area contributed by atoms with Gasteiger partial charge >= 0.3 is 7.12 Å². The molecule has 0 saturated carbocycles. The van der Waals surface area contributed by atoms with Gasteiger partial charge in [0.2, 0.25) is 0 Å². The van der Waals surface area contributed by atoms with Crippen molar-refractivity contribution in [3.05, 3.63) is 24.3 Å². The van der Waals surface area contributed by atoms with Gasteiger partial charge in [0.25, 0.3) is 5.91 Å². The quantitative estimate of drug-likeness (QED) is 0.552. The topological polar surface area (TPSA) is 78.8 Å². The number of nitrogens with one attached hydrogen (secondary N) is 1. The molecule has 16 heavy (non-hydrogen) atoms. The van der Waals surface area contributed by atoms with E-state index in [2.05, 4.69) is 5.32 Å². The van der Waals surface area contributed by atoms with Gasteiger partial charge in [0, 0.05) is 6.54 Å². The normalized spacial score (nSPS) is 9.69. The zero-order chi connectivity index (χ0) is 12.0. The molecule has 0 radical (unpaired) electrons. The molecule has 0 aliphatic heterocycles. The van der Waals surface area contributed by atoms with Gasteiger partial charge in [0.15, 0.2) is 6.61 Å². The van der Waals surface area contributed by atoms with Gasteiger partial charge < -0.3 is 20.1 Å². The molecular weight excluding hydrogens is 209 g/mol. The molecule has 0 saturated heterocycles. The minimum Gasteiger partial charge on any atom is -0.484 e. The molecule has 0 unspecified atom stereocenters. The van der Waals surface area contributed by atoms with Gasteiger partial charge in [-0.3, -0.25) is 4.79 Å². The van der Waals surface area contributed by atoms with Crippen molar-refractivity contribution in [1.29, 1.82) is 0 Å². The van der Waals surface area contributed by atoms with E-state index in [0.717, 1.165) is 0 Å². The predicted octanol–water partition coefficient (Wildman–Crippen LogP) is -1.12. The Labute approximate surface area is 94.2 Å². The summed E-state index contributed by atoms with van der Waals surface area (Å²) < 4.78 is 5.18. The van der Waals surface area contributed by atoms with E-state index in [9.17, 15) is 4.79 Å². The van der Waals surface area contributed by atoms with Crippen molar-refractivity contribution in [2.75, 3.05) is 13.2 Å². The third-order valence-corrected chi connectivity index (χ3v) is 1.92. The molecule has 1 aromatic carbocycles. The third-order valence-electron chi connectivity index (χ3n) is 1.92. The van der Waals surface area contributed by atoms with E-state index in [1.54, 1.807) is 12.1 Å². The Bertz CT molecular complexity index is 339. The summed E-state index contributed by atoms with van der Waals surface area (Å²) in [7, 11) is -1.49. The molecule has 1 amide bonds. The van der Waals surface area contributed by atoms with Crippen molar-refractivity contribution in [2.24, 2.45) is 0 Å². The fraction of sp³-hybridized carbons (Fsp3) is 0.300. The van der Waals surface area contributed by atoms with Crippen LogP contribution in [0.5, 0.6) is 5.75 Å². The van der Waals surface area contributed by atoms with E-state index in [-0.39, 0.29) is 12.5 Å². The minimum atomic E-state index is -1.49. The first kappa shape index (κ1) is 12.5. The summed E-state index contributed by atoms with van der Waals surface area (Å²) in [5.74, 6) is 0.324.